The van der Waals surface area contributed by atoms with Crippen LogP contribution in [0.25, 0.3) is 0 Å². The predicted octanol–water partition coefficient (Wildman–Crippen LogP) is 7.12. The van der Waals surface area contributed by atoms with Crippen LogP contribution in [0.4, 0.5) is 5.69 Å². The number of carbonyl (C=O) groups is 1. The molecule has 1 aromatic rings. The zero-order chi connectivity index (χ0) is 20.5. The molecule has 0 atom stereocenters. The van der Waals surface area contributed by atoms with E-state index < -0.39 is 4.92 Å². The number of hydrogen-bond acceptors (Lipinski definition) is 4. The van der Waals surface area contributed by atoms with Crippen LogP contribution in [-0.2, 0) is 16.1 Å². The molecule has 158 valence electrons. The third-order valence-electron chi connectivity index (χ3n) is 5.03. The minimum Gasteiger partial charge on any atom is -0.461 e. The van der Waals surface area contributed by atoms with Gasteiger partial charge < -0.3 is 4.74 Å². The fourth-order valence-corrected chi connectivity index (χ4v) is 3.24. The lowest BCUT2D eigenvalue weighted by atomic mass is 10.0. The summed E-state index contributed by atoms with van der Waals surface area (Å²) in [5.41, 5.74) is 0.811. The lowest BCUT2D eigenvalue weighted by Crippen LogP contribution is -2.04. The Hall–Kier alpha value is -1.91. The van der Waals surface area contributed by atoms with Crippen LogP contribution in [0.15, 0.2) is 24.3 Å². The molecule has 0 saturated carbocycles. The van der Waals surface area contributed by atoms with Crippen molar-refractivity contribution < 1.29 is 14.5 Å². The molecule has 0 saturated heterocycles. The Balaban J connectivity index is 1.90. The smallest absolute Gasteiger partial charge is 0.306 e. The monoisotopic (exact) mass is 391 g/mol. The van der Waals surface area contributed by atoms with Crippen molar-refractivity contribution in [1.29, 1.82) is 0 Å². The molecule has 0 spiro atoms. The van der Waals surface area contributed by atoms with Crippen molar-refractivity contribution in [3.05, 3.63) is 39.9 Å². The first-order chi connectivity index (χ1) is 13.6. The van der Waals surface area contributed by atoms with Crippen molar-refractivity contribution in [1.82, 2.24) is 0 Å². The molecule has 0 fully saturated rings. The van der Waals surface area contributed by atoms with E-state index in [1.165, 1.54) is 82.8 Å². The molecule has 0 bridgehead atoms. The van der Waals surface area contributed by atoms with Gasteiger partial charge >= 0.3 is 5.97 Å². The molecule has 0 aliphatic carbocycles. The molecular weight excluding hydrogens is 354 g/mol. The molecule has 1 aromatic carbocycles. The second-order valence-corrected chi connectivity index (χ2v) is 7.58. The molecule has 0 aliphatic heterocycles. The fraction of sp³-hybridized carbons (Fsp3) is 0.696. The lowest BCUT2D eigenvalue weighted by molar-refractivity contribution is -0.384. The van der Waals surface area contributed by atoms with E-state index in [1.54, 1.807) is 12.1 Å². The van der Waals surface area contributed by atoms with E-state index in [1.807, 2.05) is 0 Å². The number of carbonyl (C=O) groups excluding carboxylic acids is 1. The number of nitro groups is 1. The molecular formula is C23H37NO4. The molecule has 0 aliphatic rings. The number of rotatable bonds is 17. The summed E-state index contributed by atoms with van der Waals surface area (Å²) < 4.78 is 5.23. The van der Waals surface area contributed by atoms with E-state index in [0.717, 1.165) is 18.4 Å². The maximum absolute atomic E-state index is 11.8. The Kier molecular flexibility index (Phi) is 13.9. The van der Waals surface area contributed by atoms with Gasteiger partial charge in [-0.25, -0.2) is 0 Å². The summed E-state index contributed by atoms with van der Waals surface area (Å²) >= 11 is 0. The summed E-state index contributed by atoms with van der Waals surface area (Å²) in [5.74, 6) is -0.193. The average molecular weight is 392 g/mol. The van der Waals surface area contributed by atoms with Gasteiger partial charge in [0.2, 0.25) is 0 Å². The lowest BCUT2D eigenvalue weighted by Gasteiger charge is -2.05. The Morgan fingerprint density at radius 2 is 1.29 bits per heavy atom. The van der Waals surface area contributed by atoms with Gasteiger partial charge in [0.05, 0.1) is 4.92 Å². The molecule has 0 amide bonds. The third-order valence-corrected chi connectivity index (χ3v) is 5.03. The van der Waals surface area contributed by atoms with Crippen LogP contribution in [-0.4, -0.2) is 10.9 Å². The molecule has 0 unspecified atom stereocenters. The molecule has 0 N–H and O–H groups in total. The third kappa shape index (κ3) is 12.5. The number of hydrogen-bond donors (Lipinski definition) is 0. The van der Waals surface area contributed by atoms with Crippen molar-refractivity contribution >= 4 is 11.7 Å². The summed E-state index contributed by atoms with van der Waals surface area (Å²) in [6.45, 7) is 2.43. The second kappa shape index (κ2) is 16.1. The van der Waals surface area contributed by atoms with Crippen molar-refractivity contribution in [3.63, 3.8) is 0 Å². The first-order valence-corrected chi connectivity index (χ1v) is 11.0. The highest BCUT2D eigenvalue weighted by Crippen LogP contribution is 2.14. The van der Waals surface area contributed by atoms with E-state index >= 15 is 0 Å². The summed E-state index contributed by atoms with van der Waals surface area (Å²) in [6.07, 6.45) is 17.1. The average Bonchev–Trinajstić information content (AvgIpc) is 2.70. The van der Waals surface area contributed by atoms with Crippen molar-refractivity contribution in [2.75, 3.05) is 0 Å². The standard InChI is InChI=1S/C23H37NO4/c1-2-3-4-5-6-7-8-9-10-11-12-13-14-15-23(25)28-20-21-16-18-22(19-17-21)24(26)27/h16-19H,2-15,20H2,1H3. The van der Waals surface area contributed by atoms with Crippen LogP contribution >= 0.6 is 0 Å². The minimum absolute atomic E-state index is 0.0436. The Bertz CT molecular complexity index is 542. The van der Waals surface area contributed by atoms with Gasteiger partial charge in [0.1, 0.15) is 6.61 Å². The summed E-state index contributed by atoms with van der Waals surface area (Å²) in [4.78, 5) is 21.9. The number of ether oxygens (including phenoxy) is 1. The highest BCUT2D eigenvalue weighted by atomic mass is 16.6. The van der Waals surface area contributed by atoms with Gasteiger partial charge in [0.15, 0.2) is 0 Å². The van der Waals surface area contributed by atoms with Gasteiger partial charge in [-0.1, -0.05) is 84.0 Å². The van der Waals surface area contributed by atoms with E-state index in [2.05, 4.69) is 6.92 Å². The zero-order valence-electron chi connectivity index (χ0n) is 17.5. The fourth-order valence-electron chi connectivity index (χ4n) is 3.24. The Morgan fingerprint density at radius 1 is 0.821 bits per heavy atom. The first-order valence-electron chi connectivity index (χ1n) is 11.0. The number of nitro benzene ring substituents is 1. The summed E-state index contributed by atoms with van der Waals surface area (Å²) in [5, 5.41) is 10.6. The highest BCUT2D eigenvalue weighted by molar-refractivity contribution is 5.69. The molecule has 5 heteroatoms. The number of non-ortho nitro benzene ring substituents is 1. The number of benzene rings is 1. The van der Waals surface area contributed by atoms with Crippen molar-refractivity contribution in [2.45, 2.75) is 103 Å². The van der Waals surface area contributed by atoms with Crippen molar-refractivity contribution in [2.24, 2.45) is 0 Å². The summed E-state index contributed by atoms with van der Waals surface area (Å²) in [7, 11) is 0. The van der Waals surface area contributed by atoms with E-state index in [4.69, 9.17) is 4.74 Å². The van der Waals surface area contributed by atoms with Gasteiger partial charge in [-0.15, -0.1) is 0 Å². The van der Waals surface area contributed by atoms with Crippen LogP contribution in [0.1, 0.15) is 102 Å². The normalized spacial score (nSPS) is 10.8. The van der Waals surface area contributed by atoms with Crippen LogP contribution in [0.2, 0.25) is 0 Å². The van der Waals surface area contributed by atoms with Gasteiger partial charge in [0, 0.05) is 18.6 Å². The summed E-state index contributed by atoms with van der Waals surface area (Å²) in [6, 6.07) is 6.10. The molecule has 0 radical (unpaired) electrons. The van der Waals surface area contributed by atoms with Gasteiger partial charge in [-0.3, -0.25) is 14.9 Å². The minimum atomic E-state index is -0.440. The topological polar surface area (TPSA) is 69.4 Å². The molecule has 1 rings (SSSR count). The van der Waals surface area contributed by atoms with Gasteiger partial charge in [-0.05, 0) is 24.1 Å². The number of unbranched alkanes of at least 4 members (excludes halogenated alkanes) is 12. The highest BCUT2D eigenvalue weighted by Gasteiger charge is 2.06. The Morgan fingerprint density at radius 3 is 1.75 bits per heavy atom. The first kappa shape index (κ1) is 24.1. The van der Waals surface area contributed by atoms with Crippen molar-refractivity contribution in [3.8, 4) is 0 Å². The predicted molar refractivity (Wildman–Crippen MR) is 113 cm³/mol. The SMILES string of the molecule is CCCCCCCCCCCCCCCC(=O)OCc1ccc([N+](=O)[O-])cc1. The van der Waals surface area contributed by atoms with E-state index in [0.29, 0.717) is 6.42 Å². The number of nitrogens with zero attached hydrogens (tertiary/aromatic N) is 1. The maximum atomic E-state index is 11.8. The Labute approximate surface area is 170 Å². The second-order valence-electron chi connectivity index (χ2n) is 7.58. The van der Waals surface area contributed by atoms with Crippen LogP contribution in [0.5, 0.6) is 0 Å². The number of esters is 1. The molecule has 28 heavy (non-hydrogen) atoms. The van der Waals surface area contributed by atoms with Crippen LogP contribution < -0.4 is 0 Å². The van der Waals surface area contributed by atoms with E-state index in [9.17, 15) is 14.9 Å². The quantitative estimate of drug-likeness (QED) is 0.123. The van der Waals surface area contributed by atoms with Gasteiger partial charge in [0.25, 0.3) is 5.69 Å². The largest absolute Gasteiger partial charge is 0.461 e. The van der Waals surface area contributed by atoms with Crippen LogP contribution in [0, 0.1) is 10.1 Å². The van der Waals surface area contributed by atoms with Crippen LogP contribution in [0.3, 0.4) is 0 Å². The van der Waals surface area contributed by atoms with E-state index in [-0.39, 0.29) is 18.3 Å². The zero-order valence-corrected chi connectivity index (χ0v) is 17.5. The van der Waals surface area contributed by atoms with Gasteiger partial charge in [-0.2, -0.15) is 0 Å². The molecule has 5 nitrogen and oxygen atoms in total. The molecule has 0 aromatic heterocycles. The molecule has 0 heterocycles. The maximum Gasteiger partial charge on any atom is 0.306 e.